The van der Waals surface area contributed by atoms with Gasteiger partial charge in [-0.15, -0.1) is 0 Å². The van der Waals surface area contributed by atoms with Gasteiger partial charge in [0.05, 0.1) is 0 Å². The Labute approximate surface area is 128 Å². The Balaban J connectivity index is 3.49. The normalized spacial score (nSPS) is 12.8. The molecule has 1 heteroatoms. The molecule has 0 aromatic heterocycles. The first-order chi connectivity index (χ1) is 9.35. The van der Waals surface area contributed by atoms with Crippen molar-refractivity contribution in [2.45, 2.75) is 104 Å². The van der Waals surface area contributed by atoms with Crippen molar-refractivity contribution in [3.05, 3.63) is 0 Å². The van der Waals surface area contributed by atoms with Crippen LogP contribution in [0.2, 0.25) is 0 Å². The highest BCUT2D eigenvalue weighted by Crippen LogP contribution is 2.23. The molecule has 0 saturated carbocycles. The maximum absolute atomic E-state index is 5.05. The zero-order valence-electron chi connectivity index (χ0n) is 13.6. The number of hydrogen-bond acceptors (Lipinski definition) is 0. The average molecular weight is 286 g/mol. The Morgan fingerprint density at radius 2 is 1.05 bits per heavy atom. The van der Waals surface area contributed by atoms with Gasteiger partial charge in [0.25, 0.3) is 0 Å². The molecule has 1 atom stereocenters. The molecule has 0 nitrogen and oxygen atoms in total. The van der Waals surface area contributed by atoms with Crippen LogP contribution in [0.15, 0.2) is 0 Å². The van der Waals surface area contributed by atoms with E-state index in [1.165, 1.54) is 89.9 Å². The lowest BCUT2D eigenvalue weighted by Crippen LogP contribution is -2.01. The molecule has 0 fully saturated rings. The molecule has 0 spiro atoms. The highest BCUT2D eigenvalue weighted by molar-refractivity contribution is 7.80. The van der Waals surface area contributed by atoms with Gasteiger partial charge in [-0.1, -0.05) is 110 Å². The highest BCUT2D eigenvalue weighted by atomic mass is 32.1. The molecular formula is C18H37S. The zero-order chi connectivity index (χ0) is 14.2. The Hall–Kier alpha value is 0.350. The molecule has 0 heterocycles. The summed E-state index contributed by atoms with van der Waals surface area (Å²) in [6, 6.07) is 0. The molecule has 0 rings (SSSR count). The van der Waals surface area contributed by atoms with Crippen LogP contribution in [0, 0.1) is 5.92 Å². The molecular weight excluding hydrogens is 248 g/mol. The van der Waals surface area contributed by atoms with Crippen LogP contribution < -0.4 is 0 Å². The van der Waals surface area contributed by atoms with E-state index in [1.807, 2.05) is 0 Å². The van der Waals surface area contributed by atoms with Crippen LogP contribution >= 0.6 is 12.6 Å². The van der Waals surface area contributed by atoms with Crippen molar-refractivity contribution in [3.63, 3.8) is 0 Å². The second kappa shape index (κ2) is 16.4. The first kappa shape index (κ1) is 19.4. The molecule has 19 heavy (non-hydrogen) atoms. The molecule has 115 valence electrons. The van der Waals surface area contributed by atoms with Gasteiger partial charge < -0.3 is 0 Å². The van der Waals surface area contributed by atoms with Crippen LogP contribution in [0.4, 0.5) is 0 Å². The third kappa shape index (κ3) is 14.6. The predicted molar refractivity (Wildman–Crippen MR) is 91.9 cm³/mol. The van der Waals surface area contributed by atoms with Crippen molar-refractivity contribution in [2.24, 2.45) is 5.92 Å². The summed E-state index contributed by atoms with van der Waals surface area (Å²) in [6.45, 7) is 4.61. The molecule has 1 radical (unpaired) electrons. The van der Waals surface area contributed by atoms with Crippen LogP contribution in [-0.2, 0) is 0 Å². The predicted octanol–water partition coefficient (Wildman–Crippen LogP) is 7.30. The maximum atomic E-state index is 5.05. The standard InChI is InChI=1S/C18H37S/c1-3-5-7-8-9-10-11-15-18(14-6-4-2)16-12-13-17-19/h18H,3-17H2,1-2H3. The number of unbranched alkanes of at least 4 members (excludes halogenated alkanes) is 8. The SMILES string of the molecule is CCCCCCCCCC(CCCC)CCCC[S]. The highest BCUT2D eigenvalue weighted by Gasteiger charge is 2.07. The largest absolute Gasteiger partial charge is 0.0942 e. The Bertz CT molecular complexity index is 156. The van der Waals surface area contributed by atoms with Crippen molar-refractivity contribution >= 4 is 12.6 Å². The third-order valence-electron chi connectivity index (χ3n) is 4.19. The fraction of sp³-hybridized carbons (Fsp3) is 1.00. The van der Waals surface area contributed by atoms with Crippen LogP contribution in [0.5, 0.6) is 0 Å². The minimum atomic E-state index is 0.956. The molecule has 1 unspecified atom stereocenters. The maximum Gasteiger partial charge on any atom is 0.00369 e. The number of rotatable bonds is 15. The van der Waals surface area contributed by atoms with E-state index in [0.29, 0.717) is 0 Å². The molecule has 0 aromatic rings. The molecule has 0 aromatic carbocycles. The molecule has 0 bridgehead atoms. The van der Waals surface area contributed by atoms with Gasteiger partial charge in [-0.2, -0.15) is 0 Å². The van der Waals surface area contributed by atoms with Crippen LogP contribution in [0.1, 0.15) is 104 Å². The van der Waals surface area contributed by atoms with Gasteiger partial charge in [-0.25, -0.2) is 0 Å². The second-order valence-electron chi connectivity index (χ2n) is 6.12. The molecule has 0 N–H and O–H groups in total. The first-order valence-corrected chi connectivity index (χ1v) is 9.50. The summed E-state index contributed by atoms with van der Waals surface area (Å²) in [7, 11) is 0. The summed E-state index contributed by atoms with van der Waals surface area (Å²) in [5.41, 5.74) is 0. The summed E-state index contributed by atoms with van der Waals surface area (Å²) in [6.07, 6.45) is 19.9. The van der Waals surface area contributed by atoms with Gasteiger partial charge in [-0.05, 0) is 12.3 Å². The van der Waals surface area contributed by atoms with E-state index in [9.17, 15) is 0 Å². The Morgan fingerprint density at radius 3 is 1.63 bits per heavy atom. The van der Waals surface area contributed by atoms with Crippen molar-refractivity contribution in [1.29, 1.82) is 0 Å². The fourth-order valence-corrected chi connectivity index (χ4v) is 3.06. The lowest BCUT2D eigenvalue weighted by atomic mass is 9.90. The van der Waals surface area contributed by atoms with E-state index < -0.39 is 0 Å². The second-order valence-corrected chi connectivity index (χ2v) is 6.53. The van der Waals surface area contributed by atoms with Crippen molar-refractivity contribution in [2.75, 3.05) is 5.75 Å². The molecule has 0 amide bonds. The van der Waals surface area contributed by atoms with Gasteiger partial charge in [0.15, 0.2) is 0 Å². The van der Waals surface area contributed by atoms with E-state index in [2.05, 4.69) is 13.8 Å². The van der Waals surface area contributed by atoms with Crippen molar-refractivity contribution in [3.8, 4) is 0 Å². The minimum absolute atomic E-state index is 0.956. The Morgan fingerprint density at radius 1 is 0.579 bits per heavy atom. The van der Waals surface area contributed by atoms with E-state index in [0.717, 1.165) is 11.7 Å². The van der Waals surface area contributed by atoms with E-state index in [-0.39, 0.29) is 0 Å². The van der Waals surface area contributed by atoms with Crippen LogP contribution in [-0.4, -0.2) is 5.75 Å². The summed E-state index contributed by atoms with van der Waals surface area (Å²) < 4.78 is 0. The average Bonchev–Trinajstić information content (AvgIpc) is 2.43. The van der Waals surface area contributed by atoms with Gasteiger partial charge >= 0.3 is 0 Å². The van der Waals surface area contributed by atoms with Crippen molar-refractivity contribution < 1.29 is 0 Å². The van der Waals surface area contributed by atoms with Gasteiger partial charge in [-0.3, -0.25) is 0 Å². The smallest absolute Gasteiger partial charge is 0.00369 e. The van der Waals surface area contributed by atoms with Gasteiger partial charge in [0, 0.05) is 5.75 Å². The fourth-order valence-electron chi connectivity index (χ4n) is 2.85. The van der Waals surface area contributed by atoms with Crippen LogP contribution in [0.25, 0.3) is 0 Å². The minimum Gasteiger partial charge on any atom is -0.0942 e. The summed E-state index contributed by atoms with van der Waals surface area (Å²) in [5, 5.41) is 0. The summed E-state index contributed by atoms with van der Waals surface area (Å²) in [4.78, 5) is 0. The van der Waals surface area contributed by atoms with E-state index in [1.54, 1.807) is 0 Å². The first-order valence-electron chi connectivity index (χ1n) is 8.93. The lowest BCUT2D eigenvalue weighted by Gasteiger charge is -2.16. The van der Waals surface area contributed by atoms with Crippen molar-refractivity contribution in [1.82, 2.24) is 0 Å². The summed E-state index contributed by atoms with van der Waals surface area (Å²) in [5.74, 6) is 1.95. The van der Waals surface area contributed by atoms with Gasteiger partial charge in [0.1, 0.15) is 0 Å². The van der Waals surface area contributed by atoms with Crippen LogP contribution in [0.3, 0.4) is 0 Å². The molecule has 0 aliphatic rings. The quantitative estimate of drug-likeness (QED) is 0.277. The third-order valence-corrected chi connectivity index (χ3v) is 4.48. The van der Waals surface area contributed by atoms with E-state index >= 15 is 0 Å². The molecule has 0 saturated heterocycles. The topological polar surface area (TPSA) is 0 Å². The molecule has 0 aliphatic carbocycles. The molecule has 0 aliphatic heterocycles. The summed E-state index contributed by atoms with van der Waals surface area (Å²) >= 11 is 5.05. The zero-order valence-corrected chi connectivity index (χ0v) is 14.4. The van der Waals surface area contributed by atoms with E-state index in [4.69, 9.17) is 12.6 Å². The Kier molecular flexibility index (Phi) is 16.7. The van der Waals surface area contributed by atoms with Gasteiger partial charge in [0.2, 0.25) is 0 Å². The number of hydrogen-bond donors (Lipinski definition) is 0. The monoisotopic (exact) mass is 285 g/mol. The lowest BCUT2D eigenvalue weighted by molar-refractivity contribution is 0.376.